The van der Waals surface area contributed by atoms with Crippen LogP contribution in [0.1, 0.15) is 20.3 Å². The van der Waals surface area contributed by atoms with E-state index in [1.807, 2.05) is 6.92 Å². The van der Waals surface area contributed by atoms with E-state index < -0.39 is 0 Å². The number of hydrogen-bond acceptors (Lipinski definition) is 3. The van der Waals surface area contributed by atoms with E-state index in [0.717, 1.165) is 51.6 Å². The minimum absolute atomic E-state index is 0.794. The number of morpholine rings is 1. The third-order valence-corrected chi connectivity index (χ3v) is 2.33. The Hall–Kier alpha value is -0.540. The van der Waals surface area contributed by atoms with Gasteiger partial charge in [0.1, 0.15) is 6.61 Å². The Bertz CT molecular complexity index is 174. The van der Waals surface area contributed by atoms with Crippen molar-refractivity contribution in [2.75, 3.05) is 39.5 Å². The zero-order valence-corrected chi connectivity index (χ0v) is 9.29. The molecule has 3 nitrogen and oxygen atoms in total. The van der Waals surface area contributed by atoms with Gasteiger partial charge in [-0.25, -0.2) is 0 Å². The van der Waals surface area contributed by atoms with Crippen LogP contribution in [0.2, 0.25) is 0 Å². The van der Waals surface area contributed by atoms with Crippen LogP contribution in [-0.4, -0.2) is 44.4 Å². The first-order valence-corrected chi connectivity index (χ1v) is 5.42. The van der Waals surface area contributed by atoms with E-state index in [2.05, 4.69) is 17.9 Å². The summed E-state index contributed by atoms with van der Waals surface area (Å²) in [6.07, 6.45) is 3.16. The van der Waals surface area contributed by atoms with E-state index in [4.69, 9.17) is 9.47 Å². The second kappa shape index (κ2) is 6.85. The molecule has 0 aromatic heterocycles. The van der Waals surface area contributed by atoms with Crippen molar-refractivity contribution in [3.63, 3.8) is 0 Å². The topological polar surface area (TPSA) is 21.7 Å². The Morgan fingerprint density at radius 2 is 2.14 bits per heavy atom. The van der Waals surface area contributed by atoms with E-state index in [1.54, 1.807) is 0 Å². The highest BCUT2D eigenvalue weighted by Crippen LogP contribution is 2.00. The molecule has 0 saturated carbocycles. The fraction of sp³-hybridized carbons (Fsp3) is 0.818. The second-order valence-electron chi connectivity index (χ2n) is 3.53. The minimum atomic E-state index is 0.794. The molecule has 1 heterocycles. The van der Waals surface area contributed by atoms with Crippen molar-refractivity contribution in [1.29, 1.82) is 0 Å². The second-order valence-corrected chi connectivity index (χ2v) is 3.53. The van der Waals surface area contributed by atoms with Gasteiger partial charge in [-0.1, -0.05) is 6.92 Å². The molecule has 1 fully saturated rings. The lowest BCUT2D eigenvalue weighted by molar-refractivity contribution is 0.0275. The molecule has 0 unspecified atom stereocenters. The van der Waals surface area contributed by atoms with Crippen LogP contribution < -0.4 is 0 Å². The first-order valence-electron chi connectivity index (χ1n) is 5.42. The minimum Gasteiger partial charge on any atom is -0.497 e. The van der Waals surface area contributed by atoms with Crippen molar-refractivity contribution in [3.05, 3.63) is 11.8 Å². The van der Waals surface area contributed by atoms with Crippen molar-refractivity contribution in [2.24, 2.45) is 0 Å². The maximum absolute atomic E-state index is 5.56. The molecule has 1 rings (SSSR count). The van der Waals surface area contributed by atoms with Gasteiger partial charge >= 0.3 is 0 Å². The van der Waals surface area contributed by atoms with Gasteiger partial charge in [0.05, 0.1) is 19.0 Å². The fourth-order valence-corrected chi connectivity index (χ4v) is 1.51. The maximum atomic E-state index is 5.56. The third-order valence-electron chi connectivity index (χ3n) is 2.33. The zero-order valence-electron chi connectivity index (χ0n) is 9.29. The molecule has 0 aromatic rings. The van der Waals surface area contributed by atoms with Crippen molar-refractivity contribution in [1.82, 2.24) is 4.90 Å². The van der Waals surface area contributed by atoms with Crippen LogP contribution >= 0.6 is 0 Å². The van der Waals surface area contributed by atoms with Crippen LogP contribution in [0.4, 0.5) is 0 Å². The van der Waals surface area contributed by atoms with E-state index >= 15 is 0 Å². The summed E-state index contributed by atoms with van der Waals surface area (Å²) in [6, 6.07) is 0. The lowest BCUT2D eigenvalue weighted by Gasteiger charge is -2.26. The molecule has 0 N–H and O–H groups in total. The van der Waals surface area contributed by atoms with Crippen LogP contribution in [0, 0.1) is 0 Å². The predicted molar refractivity (Wildman–Crippen MR) is 57.3 cm³/mol. The summed E-state index contributed by atoms with van der Waals surface area (Å²) in [6.45, 7) is 9.76. The van der Waals surface area contributed by atoms with Gasteiger partial charge in [-0.15, -0.1) is 0 Å². The van der Waals surface area contributed by atoms with Crippen molar-refractivity contribution in [2.45, 2.75) is 20.3 Å². The summed E-state index contributed by atoms with van der Waals surface area (Å²) in [4.78, 5) is 2.38. The van der Waals surface area contributed by atoms with Crippen LogP contribution in [0.25, 0.3) is 0 Å². The Balaban J connectivity index is 2.05. The van der Waals surface area contributed by atoms with Gasteiger partial charge in [-0.3, -0.25) is 4.90 Å². The number of ether oxygens (including phenoxy) is 2. The first kappa shape index (κ1) is 11.5. The predicted octanol–water partition coefficient (Wildman–Crippen LogP) is 1.65. The van der Waals surface area contributed by atoms with E-state index in [-0.39, 0.29) is 0 Å². The van der Waals surface area contributed by atoms with Gasteiger partial charge in [0, 0.05) is 19.6 Å². The molecule has 1 saturated heterocycles. The average Bonchev–Trinajstić information content (AvgIpc) is 2.20. The monoisotopic (exact) mass is 199 g/mol. The molecule has 82 valence electrons. The molecule has 0 radical (unpaired) electrons. The Labute approximate surface area is 86.7 Å². The molecule has 3 heteroatoms. The SMILES string of the molecule is CC/C=C(\C)OCCN1CCOCC1. The van der Waals surface area contributed by atoms with Gasteiger partial charge in [-0.05, 0) is 19.4 Å². The van der Waals surface area contributed by atoms with Gasteiger partial charge < -0.3 is 9.47 Å². The maximum Gasteiger partial charge on any atom is 0.100 e. The zero-order chi connectivity index (χ0) is 10.2. The molecular weight excluding hydrogens is 178 g/mol. The fourth-order valence-electron chi connectivity index (χ4n) is 1.51. The lowest BCUT2D eigenvalue weighted by atomic mass is 10.4. The van der Waals surface area contributed by atoms with Gasteiger partial charge in [0.15, 0.2) is 0 Å². The molecule has 1 aliphatic rings. The smallest absolute Gasteiger partial charge is 0.100 e. The van der Waals surface area contributed by atoms with Crippen LogP contribution in [0.5, 0.6) is 0 Å². The first-order chi connectivity index (χ1) is 6.83. The Morgan fingerprint density at radius 3 is 2.79 bits per heavy atom. The lowest BCUT2D eigenvalue weighted by Crippen LogP contribution is -2.38. The summed E-state index contributed by atoms with van der Waals surface area (Å²) in [5.41, 5.74) is 0. The molecular formula is C11H21NO2. The largest absolute Gasteiger partial charge is 0.497 e. The molecule has 0 amide bonds. The third kappa shape index (κ3) is 4.63. The number of rotatable bonds is 5. The van der Waals surface area contributed by atoms with Gasteiger partial charge in [-0.2, -0.15) is 0 Å². The van der Waals surface area contributed by atoms with Crippen molar-refractivity contribution >= 4 is 0 Å². The van der Waals surface area contributed by atoms with E-state index in [1.165, 1.54) is 0 Å². The molecule has 0 atom stereocenters. The van der Waals surface area contributed by atoms with Crippen molar-refractivity contribution in [3.8, 4) is 0 Å². The molecule has 14 heavy (non-hydrogen) atoms. The van der Waals surface area contributed by atoms with Crippen LogP contribution in [-0.2, 0) is 9.47 Å². The highest BCUT2D eigenvalue weighted by Gasteiger charge is 2.09. The van der Waals surface area contributed by atoms with Crippen LogP contribution in [0.3, 0.4) is 0 Å². The molecule has 0 aliphatic carbocycles. The summed E-state index contributed by atoms with van der Waals surface area (Å²) in [5.74, 6) is 1.04. The summed E-state index contributed by atoms with van der Waals surface area (Å²) < 4.78 is 10.8. The number of nitrogens with zero attached hydrogens (tertiary/aromatic N) is 1. The Kier molecular flexibility index (Phi) is 5.64. The highest BCUT2D eigenvalue weighted by molar-refractivity contribution is 4.87. The van der Waals surface area contributed by atoms with Gasteiger partial charge in [0.2, 0.25) is 0 Å². The highest BCUT2D eigenvalue weighted by atomic mass is 16.5. The number of allylic oxidation sites excluding steroid dienone is 2. The summed E-state index contributed by atoms with van der Waals surface area (Å²) in [5, 5.41) is 0. The summed E-state index contributed by atoms with van der Waals surface area (Å²) in [7, 11) is 0. The van der Waals surface area contributed by atoms with E-state index in [0.29, 0.717) is 0 Å². The number of hydrogen-bond donors (Lipinski definition) is 0. The van der Waals surface area contributed by atoms with Crippen molar-refractivity contribution < 1.29 is 9.47 Å². The molecule has 0 spiro atoms. The average molecular weight is 199 g/mol. The molecule has 0 bridgehead atoms. The molecule has 1 aliphatic heterocycles. The Morgan fingerprint density at radius 1 is 1.43 bits per heavy atom. The van der Waals surface area contributed by atoms with Gasteiger partial charge in [0.25, 0.3) is 0 Å². The summed E-state index contributed by atoms with van der Waals surface area (Å²) >= 11 is 0. The standard InChI is InChI=1S/C11H21NO2/c1-3-4-11(2)14-10-7-12-5-8-13-9-6-12/h4H,3,5-10H2,1-2H3/b11-4+. The normalized spacial score (nSPS) is 19.7. The molecule has 0 aromatic carbocycles. The van der Waals surface area contributed by atoms with Crippen LogP contribution in [0.15, 0.2) is 11.8 Å². The quantitative estimate of drug-likeness (QED) is 0.628. The van der Waals surface area contributed by atoms with E-state index in [9.17, 15) is 0 Å².